The molecule has 55 heavy (non-hydrogen) atoms. The summed E-state index contributed by atoms with van der Waals surface area (Å²) >= 11 is 0. The summed E-state index contributed by atoms with van der Waals surface area (Å²) in [5.74, 6) is -0.141. The zero-order valence-corrected chi connectivity index (χ0v) is 36.0. The van der Waals surface area contributed by atoms with Crippen molar-refractivity contribution in [1.29, 1.82) is 0 Å². The molecule has 7 atom stereocenters. The Balaban J connectivity index is 2.24. The molecule has 1 saturated heterocycles. The highest BCUT2D eigenvalue weighted by molar-refractivity contribution is 5.76. The van der Waals surface area contributed by atoms with Gasteiger partial charge in [0.15, 0.2) is 6.29 Å². The number of amides is 1. The van der Waals surface area contributed by atoms with Gasteiger partial charge in [-0.3, -0.25) is 4.79 Å². The summed E-state index contributed by atoms with van der Waals surface area (Å²) in [6, 6.07) is -0.710. The molecule has 9 nitrogen and oxygen atoms in total. The highest BCUT2D eigenvalue weighted by Gasteiger charge is 2.44. The van der Waals surface area contributed by atoms with E-state index in [0.29, 0.717) is 12.8 Å². The van der Waals surface area contributed by atoms with Gasteiger partial charge in [-0.25, -0.2) is 0 Å². The van der Waals surface area contributed by atoms with Crippen molar-refractivity contribution in [2.75, 3.05) is 13.2 Å². The number of carbonyl (C=O) groups excluding carboxylic acids is 1. The third-order valence-corrected chi connectivity index (χ3v) is 11.7. The Labute approximate surface area is 338 Å². The molecule has 0 aromatic rings. The molecule has 0 radical (unpaired) electrons. The van der Waals surface area contributed by atoms with E-state index in [0.717, 1.165) is 38.5 Å². The van der Waals surface area contributed by atoms with Crippen molar-refractivity contribution in [2.24, 2.45) is 0 Å². The molecule has 0 aliphatic carbocycles. The maximum atomic E-state index is 13.0. The molecule has 1 rings (SSSR count). The van der Waals surface area contributed by atoms with Crippen LogP contribution in [0.15, 0.2) is 0 Å². The number of hydrogen-bond acceptors (Lipinski definition) is 8. The van der Waals surface area contributed by atoms with Crippen LogP contribution in [0.25, 0.3) is 0 Å². The van der Waals surface area contributed by atoms with E-state index in [1.807, 2.05) is 0 Å². The zero-order valence-electron chi connectivity index (χ0n) is 36.0. The van der Waals surface area contributed by atoms with E-state index in [1.54, 1.807) is 0 Å². The summed E-state index contributed by atoms with van der Waals surface area (Å²) in [6.45, 7) is 3.84. The molecule has 1 heterocycles. The second-order valence-corrected chi connectivity index (χ2v) is 16.9. The lowest BCUT2D eigenvalue weighted by atomic mass is 9.99. The lowest BCUT2D eigenvalue weighted by Gasteiger charge is -2.40. The van der Waals surface area contributed by atoms with Gasteiger partial charge in [0, 0.05) is 6.42 Å². The third-order valence-electron chi connectivity index (χ3n) is 11.7. The number of aliphatic hydroxyl groups is 5. The minimum absolute atomic E-state index is 0.132. The van der Waals surface area contributed by atoms with Crippen molar-refractivity contribution in [2.45, 2.75) is 275 Å². The fraction of sp³-hybridized carbons (Fsp3) is 0.978. The van der Waals surface area contributed by atoms with E-state index in [4.69, 9.17) is 9.47 Å². The van der Waals surface area contributed by atoms with Crippen molar-refractivity contribution < 1.29 is 39.8 Å². The van der Waals surface area contributed by atoms with Crippen molar-refractivity contribution in [3.63, 3.8) is 0 Å². The van der Waals surface area contributed by atoms with Crippen LogP contribution in [0.4, 0.5) is 0 Å². The van der Waals surface area contributed by atoms with Gasteiger partial charge in [0.1, 0.15) is 24.4 Å². The first-order valence-electron chi connectivity index (χ1n) is 23.7. The molecule has 0 aromatic carbocycles. The number of nitrogens with one attached hydrogen (secondary N) is 1. The van der Waals surface area contributed by atoms with E-state index in [2.05, 4.69) is 19.2 Å². The highest BCUT2D eigenvalue weighted by atomic mass is 16.7. The van der Waals surface area contributed by atoms with E-state index < -0.39 is 49.5 Å². The smallest absolute Gasteiger partial charge is 0.220 e. The molecule has 1 aliphatic rings. The average molecular weight is 786 g/mol. The molecular weight excluding hydrogens is 695 g/mol. The Morgan fingerprint density at radius 1 is 0.545 bits per heavy atom. The molecule has 1 aliphatic heterocycles. The second-order valence-electron chi connectivity index (χ2n) is 16.9. The summed E-state index contributed by atoms with van der Waals surface area (Å²) in [5, 5.41) is 54.3. The van der Waals surface area contributed by atoms with E-state index >= 15 is 0 Å². The summed E-state index contributed by atoms with van der Waals surface area (Å²) in [4.78, 5) is 13.0. The van der Waals surface area contributed by atoms with Crippen LogP contribution in [-0.2, 0) is 14.3 Å². The Kier molecular flexibility index (Phi) is 35.6. The molecule has 0 saturated carbocycles. The first-order chi connectivity index (χ1) is 26.8. The largest absolute Gasteiger partial charge is 0.394 e. The Morgan fingerprint density at radius 3 is 1.29 bits per heavy atom. The van der Waals surface area contributed by atoms with Crippen LogP contribution in [0.2, 0.25) is 0 Å². The maximum absolute atomic E-state index is 13.0. The Bertz CT molecular complexity index is 832. The number of rotatable bonds is 40. The number of ether oxygens (including phenoxy) is 2. The van der Waals surface area contributed by atoms with Crippen LogP contribution < -0.4 is 5.32 Å². The minimum atomic E-state index is -1.55. The van der Waals surface area contributed by atoms with Gasteiger partial charge in [0.2, 0.25) is 5.91 Å². The van der Waals surface area contributed by atoms with Crippen molar-refractivity contribution in [3.8, 4) is 0 Å². The predicted octanol–water partition coefficient (Wildman–Crippen LogP) is 9.95. The van der Waals surface area contributed by atoms with Gasteiger partial charge in [-0.2, -0.15) is 0 Å². The third kappa shape index (κ3) is 28.3. The molecule has 1 fully saturated rings. The van der Waals surface area contributed by atoms with E-state index in [9.17, 15) is 30.3 Å². The van der Waals surface area contributed by atoms with Gasteiger partial charge in [-0.05, 0) is 12.8 Å². The Morgan fingerprint density at radius 2 is 0.909 bits per heavy atom. The molecule has 0 bridgehead atoms. The van der Waals surface area contributed by atoms with Gasteiger partial charge >= 0.3 is 0 Å². The second kappa shape index (κ2) is 37.5. The van der Waals surface area contributed by atoms with Crippen LogP contribution in [0.3, 0.4) is 0 Å². The van der Waals surface area contributed by atoms with Crippen molar-refractivity contribution >= 4 is 5.91 Å². The molecule has 0 aromatic heterocycles. The van der Waals surface area contributed by atoms with Crippen LogP contribution in [0, 0.1) is 0 Å². The molecule has 0 spiro atoms. The average Bonchev–Trinajstić information content (AvgIpc) is 3.18. The molecule has 9 heteroatoms. The molecule has 328 valence electrons. The summed E-state index contributed by atoms with van der Waals surface area (Å²) in [5.41, 5.74) is 0. The fourth-order valence-electron chi connectivity index (χ4n) is 7.87. The summed E-state index contributed by atoms with van der Waals surface area (Å²) in [7, 11) is 0. The Hall–Kier alpha value is -0.810. The minimum Gasteiger partial charge on any atom is -0.394 e. The van der Waals surface area contributed by atoms with Gasteiger partial charge in [0.05, 0.1) is 25.4 Å². The van der Waals surface area contributed by atoms with Crippen molar-refractivity contribution in [1.82, 2.24) is 5.32 Å². The van der Waals surface area contributed by atoms with Crippen LogP contribution in [0.5, 0.6) is 0 Å². The van der Waals surface area contributed by atoms with Gasteiger partial charge in [-0.15, -0.1) is 0 Å². The first kappa shape index (κ1) is 52.2. The monoisotopic (exact) mass is 786 g/mol. The number of hydrogen-bond donors (Lipinski definition) is 6. The fourth-order valence-corrected chi connectivity index (χ4v) is 7.87. The van der Waals surface area contributed by atoms with Gasteiger partial charge in [-0.1, -0.05) is 213 Å². The van der Waals surface area contributed by atoms with Crippen LogP contribution in [-0.4, -0.2) is 87.5 Å². The van der Waals surface area contributed by atoms with E-state index in [-0.39, 0.29) is 12.5 Å². The number of aliphatic hydroxyl groups excluding tert-OH is 5. The number of unbranched alkanes of at least 4 members (excludes halogenated alkanes) is 30. The molecular formula is C46H91NO8. The SMILES string of the molecule is CCCCCCCCCCCCCCCCCCCCCCCC(=O)N[C@@H](CO[C@@H]1O[C@H](CO)[C@@H](O)C(O)C1O)[C@H](O)CCCCCCCCCCCCC. The predicted molar refractivity (Wildman–Crippen MR) is 226 cm³/mol. The molecule has 2 unspecified atom stereocenters. The number of carbonyl (C=O) groups is 1. The quantitative estimate of drug-likeness (QED) is 0.0337. The normalized spacial score (nSPS) is 21.2. The first-order valence-corrected chi connectivity index (χ1v) is 23.7. The maximum Gasteiger partial charge on any atom is 0.220 e. The van der Waals surface area contributed by atoms with Gasteiger partial charge in [0.25, 0.3) is 0 Å². The van der Waals surface area contributed by atoms with Crippen LogP contribution >= 0.6 is 0 Å². The topological polar surface area (TPSA) is 149 Å². The molecule has 6 N–H and O–H groups in total. The molecule has 1 amide bonds. The van der Waals surface area contributed by atoms with Gasteiger partial charge < -0.3 is 40.3 Å². The summed E-state index contributed by atoms with van der Waals surface area (Å²) < 4.78 is 11.2. The zero-order chi connectivity index (χ0) is 40.2. The summed E-state index contributed by atoms with van der Waals surface area (Å²) in [6.07, 6.45) is 34.0. The van der Waals surface area contributed by atoms with E-state index in [1.165, 1.54) is 167 Å². The standard InChI is InChI=1S/C46H91NO8/c1-3-5-7-9-11-13-15-16-17-18-19-20-21-22-23-24-26-28-30-32-34-36-42(50)47-39(38-54-46-45(53)44(52)43(51)41(37-48)55-46)40(49)35-33-31-29-27-25-14-12-10-8-6-4-2/h39-41,43-46,48-49,51-53H,3-38H2,1-2H3,(H,47,50)/t39-,40+,41+,43+,44?,45?,46+/m0/s1. The van der Waals surface area contributed by atoms with Crippen molar-refractivity contribution in [3.05, 3.63) is 0 Å². The highest BCUT2D eigenvalue weighted by Crippen LogP contribution is 2.23. The lowest BCUT2D eigenvalue weighted by molar-refractivity contribution is -0.302. The lowest BCUT2D eigenvalue weighted by Crippen LogP contribution is -2.60. The van der Waals surface area contributed by atoms with Crippen LogP contribution in [0.1, 0.15) is 232 Å².